The van der Waals surface area contributed by atoms with Gasteiger partial charge < -0.3 is 9.67 Å². The number of carboxylic acids is 1. The molecule has 1 heterocycles. The fourth-order valence-electron chi connectivity index (χ4n) is 3.48. The van der Waals surface area contributed by atoms with Gasteiger partial charge in [0, 0.05) is 36.8 Å². The standard InChI is InChI=1S/C24H24FNO4/c1-26-15-20(23(16-26)24(28)29)3-2-4-21(27)12-7-17-5-8-18(9-6-17)19-10-13-22(30-25)14-11-19/h5-6,8-11,13-16H,2-4,7,12H2,1H3,(H,28,29). The summed E-state index contributed by atoms with van der Waals surface area (Å²) in [5.74, 6) is -0.596. The SMILES string of the molecule is Cn1cc(CCCC(=O)CCc2ccc(-c3ccc(OF)cc3)cc2)c(C(=O)O)c1. The lowest BCUT2D eigenvalue weighted by molar-refractivity contribution is -0.119. The number of aryl methyl sites for hydroxylation is 3. The Hall–Kier alpha value is -3.41. The molecule has 156 valence electrons. The molecule has 0 atom stereocenters. The minimum atomic E-state index is -0.938. The van der Waals surface area contributed by atoms with Crippen molar-refractivity contribution in [3.05, 3.63) is 77.6 Å². The molecule has 0 aliphatic rings. The zero-order chi connectivity index (χ0) is 21.5. The fourth-order valence-corrected chi connectivity index (χ4v) is 3.48. The number of halogens is 1. The Balaban J connectivity index is 1.46. The molecule has 30 heavy (non-hydrogen) atoms. The first-order chi connectivity index (χ1) is 14.5. The second-order valence-corrected chi connectivity index (χ2v) is 7.36. The number of Topliss-reactive ketones (excluding diaryl/α,β-unsaturated/α-hetero) is 1. The number of nitrogens with zero attached hydrogens (tertiary/aromatic N) is 1. The largest absolute Gasteiger partial charge is 0.478 e. The van der Waals surface area contributed by atoms with Crippen LogP contribution in [0.2, 0.25) is 0 Å². The molecule has 1 aromatic heterocycles. The lowest BCUT2D eigenvalue weighted by Gasteiger charge is -2.05. The fraction of sp³-hybridized carbons (Fsp3) is 0.250. The summed E-state index contributed by atoms with van der Waals surface area (Å²) in [5.41, 5.74) is 4.11. The molecular formula is C24H24FNO4. The normalized spacial score (nSPS) is 10.7. The molecular weight excluding hydrogens is 385 g/mol. The van der Waals surface area contributed by atoms with Gasteiger partial charge in [0.15, 0.2) is 5.75 Å². The average Bonchev–Trinajstić information content (AvgIpc) is 3.13. The third-order valence-electron chi connectivity index (χ3n) is 5.09. The molecule has 0 saturated carbocycles. The van der Waals surface area contributed by atoms with Crippen LogP contribution in [0.25, 0.3) is 11.1 Å². The summed E-state index contributed by atoms with van der Waals surface area (Å²) in [7, 11) is 1.79. The summed E-state index contributed by atoms with van der Waals surface area (Å²) in [6.45, 7) is 0. The van der Waals surface area contributed by atoms with Crippen LogP contribution in [-0.4, -0.2) is 21.4 Å². The predicted octanol–water partition coefficient (Wildman–Crippen LogP) is 5.18. The van der Waals surface area contributed by atoms with Crippen LogP contribution in [-0.2, 0) is 24.7 Å². The van der Waals surface area contributed by atoms with Crippen LogP contribution >= 0.6 is 0 Å². The van der Waals surface area contributed by atoms with Crippen LogP contribution < -0.4 is 4.94 Å². The number of benzene rings is 2. The van der Waals surface area contributed by atoms with Gasteiger partial charge in [-0.3, -0.25) is 9.74 Å². The van der Waals surface area contributed by atoms with Crippen LogP contribution in [0.3, 0.4) is 0 Å². The monoisotopic (exact) mass is 409 g/mol. The Kier molecular flexibility index (Phi) is 7.01. The maximum Gasteiger partial charge on any atom is 0.337 e. The molecule has 0 unspecified atom stereocenters. The van der Waals surface area contributed by atoms with Crippen molar-refractivity contribution in [1.82, 2.24) is 4.57 Å². The molecule has 3 rings (SSSR count). The van der Waals surface area contributed by atoms with Crippen molar-refractivity contribution < 1.29 is 24.2 Å². The summed E-state index contributed by atoms with van der Waals surface area (Å²) < 4.78 is 13.9. The quantitative estimate of drug-likeness (QED) is 0.501. The van der Waals surface area contributed by atoms with Crippen LogP contribution in [0.1, 0.15) is 40.7 Å². The predicted molar refractivity (Wildman–Crippen MR) is 112 cm³/mol. The van der Waals surface area contributed by atoms with Gasteiger partial charge in [0.25, 0.3) is 0 Å². The van der Waals surface area contributed by atoms with E-state index in [0.29, 0.717) is 37.7 Å². The first kappa shape index (κ1) is 21.3. The summed E-state index contributed by atoms with van der Waals surface area (Å²) in [5, 5.41) is 9.21. The van der Waals surface area contributed by atoms with Gasteiger partial charge in [-0.15, -0.1) is 0 Å². The lowest BCUT2D eigenvalue weighted by Crippen LogP contribution is -2.03. The van der Waals surface area contributed by atoms with Gasteiger partial charge in [0.1, 0.15) is 5.78 Å². The molecule has 6 heteroatoms. The molecule has 0 spiro atoms. The van der Waals surface area contributed by atoms with Crippen molar-refractivity contribution in [2.24, 2.45) is 7.05 Å². The first-order valence-corrected chi connectivity index (χ1v) is 9.84. The summed E-state index contributed by atoms with van der Waals surface area (Å²) in [6, 6.07) is 14.7. The molecule has 2 aromatic carbocycles. The van der Waals surface area contributed by atoms with Gasteiger partial charge in [0.05, 0.1) is 5.56 Å². The topological polar surface area (TPSA) is 68.5 Å². The summed E-state index contributed by atoms with van der Waals surface area (Å²) >= 11 is 0. The van der Waals surface area contributed by atoms with Gasteiger partial charge in [-0.05, 0) is 53.6 Å². The Bertz CT molecular complexity index is 1010. The van der Waals surface area contributed by atoms with Crippen molar-refractivity contribution in [1.29, 1.82) is 0 Å². The van der Waals surface area contributed by atoms with Crippen LogP contribution in [0.5, 0.6) is 5.75 Å². The number of rotatable bonds is 10. The number of aromatic nitrogens is 1. The van der Waals surface area contributed by atoms with E-state index in [1.807, 2.05) is 24.3 Å². The highest BCUT2D eigenvalue weighted by Gasteiger charge is 2.13. The van der Waals surface area contributed by atoms with Crippen molar-refractivity contribution in [3.8, 4) is 16.9 Å². The Morgan fingerprint density at radius 1 is 0.933 bits per heavy atom. The number of carboxylic acid groups (broad SMARTS) is 1. The Morgan fingerprint density at radius 2 is 1.57 bits per heavy atom. The van der Waals surface area contributed by atoms with Crippen molar-refractivity contribution in [2.45, 2.75) is 32.1 Å². The van der Waals surface area contributed by atoms with Crippen LogP contribution in [0.15, 0.2) is 60.9 Å². The second kappa shape index (κ2) is 9.87. The van der Waals surface area contributed by atoms with E-state index in [4.69, 9.17) is 0 Å². The molecule has 0 fully saturated rings. The van der Waals surface area contributed by atoms with Crippen LogP contribution in [0.4, 0.5) is 4.53 Å². The van der Waals surface area contributed by atoms with Gasteiger partial charge in [-0.25, -0.2) is 4.79 Å². The Morgan fingerprint density at radius 3 is 2.17 bits per heavy atom. The minimum absolute atomic E-state index is 0.167. The molecule has 0 radical (unpaired) electrons. The summed E-state index contributed by atoms with van der Waals surface area (Å²) in [6.07, 6.45) is 6.17. The van der Waals surface area contributed by atoms with E-state index in [1.54, 1.807) is 48.3 Å². The maximum absolute atomic E-state index is 12.2. The minimum Gasteiger partial charge on any atom is -0.478 e. The van der Waals surface area contributed by atoms with E-state index >= 15 is 0 Å². The molecule has 3 aromatic rings. The lowest BCUT2D eigenvalue weighted by atomic mass is 9.99. The van der Waals surface area contributed by atoms with E-state index in [9.17, 15) is 19.2 Å². The highest BCUT2D eigenvalue weighted by Crippen LogP contribution is 2.23. The van der Waals surface area contributed by atoms with E-state index in [1.165, 1.54) is 0 Å². The molecule has 0 bridgehead atoms. The zero-order valence-electron chi connectivity index (χ0n) is 16.8. The van der Waals surface area contributed by atoms with E-state index in [-0.39, 0.29) is 11.5 Å². The first-order valence-electron chi connectivity index (χ1n) is 9.84. The van der Waals surface area contributed by atoms with E-state index in [2.05, 4.69) is 4.94 Å². The van der Waals surface area contributed by atoms with Crippen molar-refractivity contribution >= 4 is 11.8 Å². The van der Waals surface area contributed by atoms with E-state index in [0.717, 1.165) is 22.3 Å². The number of carbonyl (C=O) groups is 2. The van der Waals surface area contributed by atoms with Gasteiger partial charge in [0.2, 0.25) is 0 Å². The molecule has 0 saturated heterocycles. The smallest absolute Gasteiger partial charge is 0.337 e. The number of aromatic carboxylic acids is 1. The third-order valence-corrected chi connectivity index (χ3v) is 5.09. The Labute approximate surface area is 174 Å². The van der Waals surface area contributed by atoms with Gasteiger partial charge >= 0.3 is 5.97 Å². The molecule has 0 amide bonds. The average molecular weight is 409 g/mol. The molecule has 1 N–H and O–H groups in total. The highest BCUT2D eigenvalue weighted by atomic mass is 19.3. The summed E-state index contributed by atoms with van der Waals surface area (Å²) in [4.78, 5) is 27.1. The maximum atomic E-state index is 12.2. The second-order valence-electron chi connectivity index (χ2n) is 7.36. The number of carbonyl (C=O) groups excluding carboxylic acids is 1. The third kappa shape index (κ3) is 5.56. The van der Waals surface area contributed by atoms with Crippen LogP contribution in [0, 0.1) is 0 Å². The highest BCUT2D eigenvalue weighted by molar-refractivity contribution is 5.89. The number of hydrogen-bond donors (Lipinski definition) is 1. The van der Waals surface area contributed by atoms with Crippen molar-refractivity contribution in [2.75, 3.05) is 0 Å². The van der Waals surface area contributed by atoms with E-state index < -0.39 is 5.97 Å². The number of hydrogen-bond acceptors (Lipinski definition) is 3. The number of ketones is 1. The molecule has 0 aliphatic carbocycles. The molecule has 5 nitrogen and oxygen atoms in total. The van der Waals surface area contributed by atoms with Gasteiger partial charge in [-0.1, -0.05) is 36.4 Å². The molecule has 0 aliphatic heterocycles. The van der Waals surface area contributed by atoms with Crippen molar-refractivity contribution in [3.63, 3.8) is 0 Å². The van der Waals surface area contributed by atoms with Gasteiger partial charge in [-0.2, -0.15) is 0 Å². The zero-order valence-corrected chi connectivity index (χ0v) is 16.8.